The maximum Gasteiger partial charge on any atom is 0.325 e. The van der Waals surface area contributed by atoms with Crippen LogP contribution in [0.15, 0.2) is 47.8 Å². The predicted octanol–water partition coefficient (Wildman–Crippen LogP) is 4.60. The van der Waals surface area contributed by atoms with Crippen LogP contribution in [0.5, 0.6) is 17.6 Å². The molecule has 0 saturated carbocycles. The number of ether oxygens (including phenoxy) is 2. The van der Waals surface area contributed by atoms with Crippen molar-refractivity contribution in [3.05, 3.63) is 64.5 Å². The molecule has 2 saturated heterocycles. The van der Waals surface area contributed by atoms with Gasteiger partial charge in [0.1, 0.15) is 17.6 Å². The van der Waals surface area contributed by atoms with Gasteiger partial charge in [0.2, 0.25) is 11.8 Å². The van der Waals surface area contributed by atoms with E-state index in [1.54, 1.807) is 36.5 Å². The number of thioether (sulfide) groups is 1. The number of aromatic nitrogens is 4. The average Bonchev–Trinajstić information content (AvgIpc) is 3.22. The SMILES string of the molecule is CCc1cnc(N2CCC(Oc3nc(Oc4cccc(C=C5SC(=O)N(CC(C)=O)C5=O)c4)ncc3C)CC2)nc1. The molecule has 11 nitrogen and oxygen atoms in total. The van der Waals surface area contributed by atoms with Crippen LogP contribution in [0.2, 0.25) is 0 Å². The number of ketones is 1. The lowest BCUT2D eigenvalue weighted by molar-refractivity contribution is -0.127. The van der Waals surface area contributed by atoms with Crippen molar-refractivity contribution in [1.29, 1.82) is 0 Å². The molecule has 2 aliphatic heterocycles. The maximum absolute atomic E-state index is 12.6. The van der Waals surface area contributed by atoms with E-state index in [1.165, 1.54) is 6.92 Å². The van der Waals surface area contributed by atoms with Crippen LogP contribution in [0.4, 0.5) is 10.7 Å². The summed E-state index contributed by atoms with van der Waals surface area (Å²) >= 11 is 0.803. The van der Waals surface area contributed by atoms with Crippen molar-refractivity contribution >= 4 is 40.7 Å². The van der Waals surface area contributed by atoms with E-state index in [4.69, 9.17) is 9.47 Å². The van der Waals surface area contributed by atoms with Gasteiger partial charge in [0, 0.05) is 50.1 Å². The van der Waals surface area contributed by atoms with Gasteiger partial charge in [-0.3, -0.25) is 19.3 Å². The van der Waals surface area contributed by atoms with Gasteiger partial charge in [-0.1, -0.05) is 19.1 Å². The van der Waals surface area contributed by atoms with Crippen molar-refractivity contribution < 1.29 is 23.9 Å². The highest BCUT2D eigenvalue weighted by atomic mass is 32.2. The molecule has 5 rings (SSSR count). The molecular weight excluding hydrogens is 544 g/mol. The fourth-order valence-electron chi connectivity index (χ4n) is 4.39. The molecule has 12 heteroatoms. The van der Waals surface area contributed by atoms with E-state index < -0.39 is 11.1 Å². The molecule has 0 bridgehead atoms. The summed E-state index contributed by atoms with van der Waals surface area (Å²) in [7, 11) is 0. The van der Waals surface area contributed by atoms with E-state index in [9.17, 15) is 14.4 Å². The number of imide groups is 1. The predicted molar refractivity (Wildman–Crippen MR) is 154 cm³/mol. The first-order chi connectivity index (χ1) is 19.8. The minimum absolute atomic E-state index is 0.00991. The Morgan fingerprint density at radius 1 is 1.12 bits per heavy atom. The van der Waals surface area contributed by atoms with Gasteiger partial charge in [0.05, 0.1) is 11.4 Å². The van der Waals surface area contributed by atoms with Gasteiger partial charge in [0.25, 0.3) is 11.1 Å². The van der Waals surface area contributed by atoms with Crippen LogP contribution in [0.1, 0.15) is 43.4 Å². The first kappa shape index (κ1) is 28.2. The molecule has 3 aromatic rings. The smallest absolute Gasteiger partial charge is 0.325 e. The summed E-state index contributed by atoms with van der Waals surface area (Å²) in [5, 5.41) is -0.464. The summed E-state index contributed by atoms with van der Waals surface area (Å²) in [5.41, 5.74) is 2.57. The number of anilines is 1. The Balaban J connectivity index is 1.21. The normalized spacial score (nSPS) is 16.9. The van der Waals surface area contributed by atoms with E-state index in [2.05, 4.69) is 31.8 Å². The zero-order valence-electron chi connectivity index (χ0n) is 23.1. The number of Topliss-reactive ketones (excluding diaryl/α,β-unsaturated/α-hetero) is 1. The Labute approximate surface area is 242 Å². The van der Waals surface area contributed by atoms with E-state index in [0.29, 0.717) is 17.2 Å². The molecule has 212 valence electrons. The number of carbonyl (C=O) groups excluding carboxylic acids is 3. The quantitative estimate of drug-likeness (QED) is 0.333. The van der Waals surface area contributed by atoms with E-state index in [0.717, 1.165) is 66.1 Å². The third-order valence-corrected chi connectivity index (χ3v) is 7.53. The van der Waals surface area contributed by atoms with Gasteiger partial charge in [-0.05, 0) is 61.4 Å². The van der Waals surface area contributed by atoms with Gasteiger partial charge in [-0.2, -0.15) is 4.98 Å². The number of aryl methyl sites for hydroxylation is 2. The summed E-state index contributed by atoms with van der Waals surface area (Å²) < 4.78 is 12.2. The van der Waals surface area contributed by atoms with Crippen LogP contribution in [0.25, 0.3) is 6.08 Å². The fourth-order valence-corrected chi connectivity index (χ4v) is 5.23. The lowest BCUT2D eigenvalue weighted by atomic mass is 10.1. The molecule has 0 atom stereocenters. The second kappa shape index (κ2) is 12.5. The lowest BCUT2D eigenvalue weighted by Crippen LogP contribution is -2.39. The lowest BCUT2D eigenvalue weighted by Gasteiger charge is -2.32. The van der Waals surface area contributed by atoms with Gasteiger partial charge in [0.15, 0.2) is 0 Å². The van der Waals surface area contributed by atoms with Crippen molar-refractivity contribution in [2.24, 2.45) is 0 Å². The largest absolute Gasteiger partial charge is 0.474 e. The highest BCUT2D eigenvalue weighted by Gasteiger charge is 2.35. The molecule has 4 heterocycles. The Hall–Kier alpha value is -4.32. The molecule has 0 radical (unpaired) electrons. The number of piperidine rings is 1. The number of rotatable bonds is 9. The first-order valence-electron chi connectivity index (χ1n) is 13.4. The maximum atomic E-state index is 12.6. The summed E-state index contributed by atoms with van der Waals surface area (Å²) in [6.07, 6.45) is 9.51. The molecule has 2 fully saturated rings. The Kier molecular flexibility index (Phi) is 8.58. The molecule has 0 unspecified atom stereocenters. The standard InChI is InChI=1S/C29H30N6O5S/c1-4-20-15-30-27(31-16-20)34-10-8-22(9-11-34)39-25-18(2)14-32-28(33-25)40-23-7-5-6-21(12-23)13-24-26(37)35(17-19(3)36)29(38)41-24/h5-7,12-16,22H,4,8-11,17H2,1-3H3. The van der Waals surface area contributed by atoms with Crippen LogP contribution in [-0.4, -0.2) is 67.5 Å². The molecular formula is C29H30N6O5S. The number of hydrogen-bond acceptors (Lipinski definition) is 11. The van der Waals surface area contributed by atoms with Gasteiger partial charge >= 0.3 is 6.01 Å². The highest BCUT2D eigenvalue weighted by molar-refractivity contribution is 8.18. The molecule has 0 aliphatic carbocycles. The summed E-state index contributed by atoms with van der Waals surface area (Å²) in [6.45, 7) is 6.63. The third kappa shape index (κ3) is 6.88. The molecule has 2 aliphatic rings. The minimum atomic E-state index is -0.488. The zero-order valence-corrected chi connectivity index (χ0v) is 23.9. The topological polar surface area (TPSA) is 128 Å². The Bertz CT molecular complexity index is 1490. The molecule has 41 heavy (non-hydrogen) atoms. The zero-order chi connectivity index (χ0) is 28.9. The second-order valence-electron chi connectivity index (χ2n) is 9.83. The molecule has 2 amide bonds. The number of hydrogen-bond donors (Lipinski definition) is 0. The number of carbonyl (C=O) groups is 3. The van der Waals surface area contributed by atoms with Gasteiger partial charge < -0.3 is 14.4 Å². The Morgan fingerprint density at radius 3 is 2.59 bits per heavy atom. The fraction of sp³-hybridized carbons (Fsp3) is 0.345. The van der Waals surface area contributed by atoms with Crippen LogP contribution < -0.4 is 14.4 Å². The monoisotopic (exact) mass is 574 g/mol. The van der Waals surface area contributed by atoms with Crippen molar-refractivity contribution in [1.82, 2.24) is 24.8 Å². The minimum Gasteiger partial charge on any atom is -0.474 e. The van der Waals surface area contributed by atoms with Crippen LogP contribution in [0.3, 0.4) is 0 Å². The number of amides is 2. The summed E-state index contributed by atoms with van der Waals surface area (Å²) in [5.74, 6) is 0.913. The van der Waals surface area contributed by atoms with E-state index >= 15 is 0 Å². The van der Waals surface area contributed by atoms with E-state index in [-0.39, 0.29) is 29.3 Å². The van der Waals surface area contributed by atoms with Crippen molar-refractivity contribution in [3.63, 3.8) is 0 Å². The van der Waals surface area contributed by atoms with E-state index in [1.807, 2.05) is 19.3 Å². The van der Waals surface area contributed by atoms with Gasteiger partial charge in [-0.25, -0.2) is 15.0 Å². The second-order valence-corrected chi connectivity index (χ2v) is 10.8. The molecule has 1 aromatic carbocycles. The number of benzene rings is 1. The molecule has 0 N–H and O–H groups in total. The van der Waals surface area contributed by atoms with Crippen LogP contribution in [0, 0.1) is 6.92 Å². The first-order valence-corrected chi connectivity index (χ1v) is 14.2. The van der Waals surface area contributed by atoms with Crippen LogP contribution >= 0.6 is 11.8 Å². The van der Waals surface area contributed by atoms with Crippen molar-refractivity contribution in [2.45, 2.75) is 46.1 Å². The third-order valence-electron chi connectivity index (χ3n) is 6.63. The molecule has 0 spiro atoms. The number of nitrogens with zero attached hydrogens (tertiary/aromatic N) is 6. The van der Waals surface area contributed by atoms with Crippen molar-refractivity contribution in [3.8, 4) is 17.6 Å². The van der Waals surface area contributed by atoms with Crippen LogP contribution in [-0.2, 0) is 16.0 Å². The highest BCUT2D eigenvalue weighted by Crippen LogP contribution is 2.33. The van der Waals surface area contributed by atoms with Gasteiger partial charge in [-0.15, -0.1) is 0 Å². The Morgan fingerprint density at radius 2 is 1.88 bits per heavy atom. The summed E-state index contributed by atoms with van der Waals surface area (Å²) in [4.78, 5) is 57.2. The summed E-state index contributed by atoms with van der Waals surface area (Å²) in [6, 6.07) is 7.14. The average molecular weight is 575 g/mol. The van der Waals surface area contributed by atoms with Crippen molar-refractivity contribution in [2.75, 3.05) is 24.5 Å². The molecule has 2 aromatic heterocycles.